The van der Waals surface area contributed by atoms with Crippen molar-refractivity contribution in [2.45, 2.75) is 13.3 Å². The second kappa shape index (κ2) is 5.32. The smallest absolute Gasteiger partial charge is 0.238 e. The molecule has 0 aromatic heterocycles. The summed E-state index contributed by atoms with van der Waals surface area (Å²) in [6.07, 6.45) is 1.56. The molecular weight excluding hydrogens is 166 g/mol. The Balaban J connectivity index is 2.61. The second-order valence-electron chi connectivity index (χ2n) is 2.60. The SMILES string of the molecule is CCCON(C=O)c1ccccc1. The lowest BCUT2D eigenvalue weighted by molar-refractivity contribution is -0.114. The highest BCUT2D eigenvalue weighted by Gasteiger charge is 2.02. The second-order valence-corrected chi connectivity index (χ2v) is 2.60. The van der Waals surface area contributed by atoms with Crippen molar-refractivity contribution in [3.05, 3.63) is 30.3 Å². The summed E-state index contributed by atoms with van der Waals surface area (Å²) in [4.78, 5) is 15.8. The summed E-state index contributed by atoms with van der Waals surface area (Å²) in [5.41, 5.74) is 0.756. The van der Waals surface area contributed by atoms with Gasteiger partial charge in [0.15, 0.2) is 0 Å². The van der Waals surface area contributed by atoms with E-state index in [0.29, 0.717) is 13.0 Å². The van der Waals surface area contributed by atoms with Gasteiger partial charge in [-0.25, -0.2) is 0 Å². The number of hydroxylamine groups is 1. The van der Waals surface area contributed by atoms with Crippen LogP contribution in [0.2, 0.25) is 0 Å². The molecule has 0 aliphatic heterocycles. The zero-order valence-corrected chi connectivity index (χ0v) is 7.64. The van der Waals surface area contributed by atoms with Gasteiger partial charge >= 0.3 is 0 Å². The number of rotatable bonds is 5. The molecule has 0 aliphatic carbocycles. The molecule has 0 saturated heterocycles. The van der Waals surface area contributed by atoms with E-state index in [4.69, 9.17) is 4.84 Å². The third-order valence-electron chi connectivity index (χ3n) is 1.54. The first kappa shape index (κ1) is 9.74. The Morgan fingerprint density at radius 2 is 2.08 bits per heavy atom. The molecular formula is C10H13NO2. The van der Waals surface area contributed by atoms with Gasteiger partial charge in [0.05, 0.1) is 12.3 Å². The van der Waals surface area contributed by atoms with Gasteiger partial charge in [-0.05, 0) is 18.6 Å². The maximum Gasteiger partial charge on any atom is 0.238 e. The fourth-order valence-corrected chi connectivity index (χ4v) is 0.930. The minimum absolute atomic E-state index is 0.549. The maximum absolute atomic E-state index is 10.6. The first-order valence-corrected chi connectivity index (χ1v) is 4.31. The minimum Gasteiger partial charge on any atom is -0.276 e. The largest absolute Gasteiger partial charge is 0.276 e. The fraction of sp³-hybridized carbons (Fsp3) is 0.300. The Bertz CT molecular complexity index is 248. The molecule has 1 rings (SSSR count). The highest BCUT2D eigenvalue weighted by Crippen LogP contribution is 2.11. The lowest BCUT2D eigenvalue weighted by Crippen LogP contribution is -2.21. The van der Waals surface area contributed by atoms with E-state index in [1.807, 2.05) is 37.3 Å². The molecule has 3 heteroatoms. The van der Waals surface area contributed by atoms with Crippen molar-refractivity contribution < 1.29 is 9.63 Å². The molecule has 1 aromatic rings. The standard InChI is InChI=1S/C10H13NO2/c1-2-8-13-11(9-12)10-6-4-3-5-7-10/h3-7,9H,2,8H2,1H3. The quantitative estimate of drug-likeness (QED) is 0.511. The van der Waals surface area contributed by atoms with Crippen LogP contribution < -0.4 is 5.06 Å². The van der Waals surface area contributed by atoms with Crippen LogP contribution in [-0.4, -0.2) is 13.0 Å². The van der Waals surface area contributed by atoms with Crippen molar-refractivity contribution >= 4 is 12.1 Å². The van der Waals surface area contributed by atoms with Gasteiger partial charge in [0.1, 0.15) is 0 Å². The van der Waals surface area contributed by atoms with Crippen LogP contribution in [0.5, 0.6) is 0 Å². The van der Waals surface area contributed by atoms with E-state index < -0.39 is 0 Å². The number of carbonyl (C=O) groups is 1. The number of anilines is 1. The van der Waals surface area contributed by atoms with Gasteiger partial charge in [-0.2, -0.15) is 5.06 Å². The van der Waals surface area contributed by atoms with Crippen LogP contribution >= 0.6 is 0 Å². The Morgan fingerprint density at radius 1 is 1.38 bits per heavy atom. The zero-order valence-electron chi connectivity index (χ0n) is 7.64. The van der Waals surface area contributed by atoms with Crippen LogP contribution in [0.1, 0.15) is 13.3 Å². The van der Waals surface area contributed by atoms with Gasteiger partial charge in [0.2, 0.25) is 6.41 Å². The number of para-hydroxylation sites is 1. The van der Waals surface area contributed by atoms with E-state index in [2.05, 4.69) is 0 Å². The van der Waals surface area contributed by atoms with Gasteiger partial charge in [-0.3, -0.25) is 9.63 Å². The highest BCUT2D eigenvalue weighted by atomic mass is 16.7. The van der Waals surface area contributed by atoms with E-state index >= 15 is 0 Å². The molecule has 0 saturated carbocycles. The number of amides is 1. The predicted molar refractivity (Wildman–Crippen MR) is 51.2 cm³/mol. The number of carbonyl (C=O) groups excluding carboxylic acids is 1. The van der Waals surface area contributed by atoms with E-state index in [-0.39, 0.29) is 0 Å². The molecule has 0 unspecified atom stereocenters. The third-order valence-corrected chi connectivity index (χ3v) is 1.54. The highest BCUT2D eigenvalue weighted by molar-refractivity contribution is 5.71. The van der Waals surface area contributed by atoms with Crippen molar-refractivity contribution in [2.75, 3.05) is 11.7 Å². The summed E-state index contributed by atoms with van der Waals surface area (Å²) in [5, 5.41) is 1.24. The molecule has 0 fully saturated rings. The first-order valence-electron chi connectivity index (χ1n) is 4.31. The van der Waals surface area contributed by atoms with E-state index in [0.717, 1.165) is 12.1 Å². The number of hydrogen-bond donors (Lipinski definition) is 0. The number of nitrogens with zero attached hydrogens (tertiary/aromatic N) is 1. The topological polar surface area (TPSA) is 29.5 Å². The number of hydrogen-bond acceptors (Lipinski definition) is 2. The van der Waals surface area contributed by atoms with E-state index in [1.165, 1.54) is 5.06 Å². The summed E-state index contributed by atoms with van der Waals surface area (Å²) >= 11 is 0. The van der Waals surface area contributed by atoms with Crippen molar-refractivity contribution in [2.24, 2.45) is 0 Å². The first-order chi connectivity index (χ1) is 6.38. The van der Waals surface area contributed by atoms with Gasteiger partial charge in [0.25, 0.3) is 0 Å². The molecule has 13 heavy (non-hydrogen) atoms. The average molecular weight is 179 g/mol. The monoisotopic (exact) mass is 179 g/mol. The lowest BCUT2D eigenvalue weighted by Gasteiger charge is -2.15. The van der Waals surface area contributed by atoms with E-state index in [1.54, 1.807) is 0 Å². The lowest BCUT2D eigenvalue weighted by atomic mass is 10.3. The van der Waals surface area contributed by atoms with Crippen LogP contribution in [0, 0.1) is 0 Å². The Morgan fingerprint density at radius 3 is 2.62 bits per heavy atom. The van der Waals surface area contributed by atoms with Gasteiger partial charge in [0, 0.05) is 0 Å². The normalized spacial score (nSPS) is 9.62. The van der Waals surface area contributed by atoms with Crippen LogP contribution in [0.4, 0.5) is 5.69 Å². The Labute approximate surface area is 77.9 Å². The predicted octanol–water partition coefficient (Wildman–Crippen LogP) is 1.99. The van der Waals surface area contributed by atoms with Gasteiger partial charge in [-0.15, -0.1) is 0 Å². The molecule has 1 amide bonds. The molecule has 0 atom stereocenters. The molecule has 1 aromatic carbocycles. The Kier molecular flexibility index (Phi) is 3.99. The molecule has 0 N–H and O–H groups in total. The van der Waals surface area contributed by atoms with Gasteiger partial charge < -0.3 is 0 Å². The average Bonchev–Trinajstić information content (AvgIpc) is 2.21. The molecule has 0 aliphatic rings. The summed E-state index contributed by atoms with van der Waals surface area (Å²) in [6, 6.07) is 9.27. The zero-order chi connectivity index (χ0) is 9.52. The molecule has 0 bridgehead atoms. The molecule has 0 radical (unpaired) electrons. The molecule has 3 nitrogen and oxygen atoms in total. The van der Waals surface area contributed by atoms with Crippen molar-refractivity contribution in [1.29, 1.82) is 0 Å². The van der Waals surface area contributed by atoms with Crippen molar-refractivity contribution in [3.8, 4) is 0 Å². The van der Waals surface area contributed by atoms with Crippen LogP contribution in [-0.2, 0) is 9.63 Å². The fourth-order valence-electron chi connectivity index (χ4n) is 0.930. The Hall–Kier alpha value is -1.35. The minimum atomic E-state index is 0.549. The third kappa shape index (κ3) is 2.87. The molecule has 70 valence electrons. The summed E-state index contributed by atoms with van der Waals surface area (Å²) < 4.78 is 0. The van der Waals surface area contributed by atoms with Crippen LogP contribution in [0.15, 0.2) is 30.3 Å². The van der Waals surface area contributed by atoms with E-state index in [9.17, 15) is 4.79 Å². The summed E-state index contributed by atoms with van der Waals surface area (Å²) in [5.74, 6) is 0. The molecule has 0 heterocycles. The summed E-state index contributed by atoms with van der Waals surface area (Å²) in [7, 11) is 0. The maximum atomic E-state index is 10.6. The molecule has 0 spiro atoms. The number of benzene rings is 1. The van der Waals surface area contributed by atoms with Crippen LogP contribution in [0.3, 0.4) is 0 Å². The van der Waals surface area contributed by atoms with Crippen LogP contribution in [0.25, 0.3) is 0 Å². The summed E-state index contributed by atoms with van der Waals surface area (Å²) in [6.45, 7) is 2.54. The van der Waals surface area contributed by atoms with Crippen molar-refractivity contribution in [1.82, 2.24) is 0 Å². The van der Waals surface area contributed by atoms with Gasteiger partial charge in [-0.1, -0.05) is 25.1 Å². The van der Waals surface area contributed by atoms with Crippen molar-refractivity contribution in [3.63, 3.8) is 0 Å².